The Kier molecular flexibility index (Phi) is 14.5. The number of hydrogen-bond donors (Lipinski definition) is 6. The van der Waals surface area contributed by atoms with Gasteiger partial charge in [-0.25, -0.2) is 0 Å². The Hall–Kier alpha value is -2.63. The highest BCUT2D eigenvalue weighted by atomic mass is 32.2. The first-order valence-corrected chi connectivity index (χ1v) is 17.7. The summed E-state index contributed by atoms with van der Waals surface area (Å²) in [5.74, 6) is 0.537. The molecule has 0 atom stereocenters. The molecule has 0 heterocycles. The maximum atomic E-state index is 9.12. The van der Waals surface area contributed by atoms with Gasteiger partial charge in [-0.05, 0) is 146 Å². The zero-order valence-corrected chi connectivity index (χ0v) is 29.8. The standard InChI is InChI=1S/C12H10O2S.2C12H10S3/c3*13-9-1-5-11(6-2-9)15-12-7-3-10(14)4-8-12/h3*1-8,13-14H. The summed E-state index contributed by atoms with van der Waals surface area (Å²) in [6, 6.07) is 46.6. The van der Waals surface area contributed by atoms with E-state index in [4.69, 9.17) is 10.2 Å². The van der Waals surface area contributed by atoms with E-state index >= 15 is 0 Å². The Labute approximate surface area is 299 Å². The smallest absolute Gasteiger partial charge is 0.115 e. The fourth-order valence-electron chi connectivity index (χ4n) is 3.49. The molecular weight excluding hydrogens is 689 g/mol. The molecule has 0 saturated carbocycles. The summed E-state index contributed by atoms with van der Waals surface area (Å²) in [7, 11) is 0. The number of phenolic OH excluding ortho intramolecular Hbond substituents is 2. The molecule has 0 bridgehead atoms. The molecule has 0 unspecified atom stereocenters. The summed E-state index contributed by atoms with van der Waals surface area (Å²) in [5.41, 5.74) is 0. The van der Waals surface area contributed by atoms with Gasteiger partial charge in [-0.1, -0.05) is 35.3 Å². The predicted molar refractivity (Wildman–Crippen MR) is 203 cm³/mol. The molecule has 0 amide bonds. The monoisotopic (exact) mass is 718 g/mol. The van der Waals surface area contributed by atoms with E-state index in [0.717, 1.165) is 29.4 Å². The molecule has 6 rings (SSSR count). The minimum absolute atomic E-state index is 0.269. The molecule has 0 aliphatic heterocycles. The van der Waals surface area contributed by atoms with Crippen LogP contribution in [-0.2, 0) is 0 Å². The molecule has 2 N–H and O–H groups in total. The van der Waals surface area contributed by atoms with E-state index in [-0.39, 0.29) is 11.5 Å². The Morgan fingerprint density at radius 1 is 0.267 bits per heavy atom. The minimum Gasteiger partial charge on any atom is -0.508 e. The van der Waals surface area contributed by atoms with E-state index in [0.29, 0.717) is 0 Å². The van der Waals surface area contributed by atoms with Crippen molar-refractivity contribution in [3.8, 4) is 11.5 Å². The number of benzene rings is 6. The summed E-state index contributed by atoms with van der Waals surface area (Å²) >= 11 is 22.1. The molecular formula is C36H30O2S7. The van der Waals surface area contributed by atoms with E-state index in [9.17, 15) is 0 Å². The molecule has 0 saturated heterocycles. The Balaban J connectivity index is 0.000000154. The van der Waals surface area contributed by atoms with Crippen molar-refractivity contribution in [3.05, 3.63) is 146 Å². The van der Waals surface area contributed by atoms with Gasteiger partial charge < -0.3 is 10.2 Å². The number of aromatic hydroxyl groups is 2. The minimum atomic E-state index is 0.269. The number of hydrogen-bond acceptors (Lipinski definition) is 9. The highest BCUT2D eigenvalue weighted by molar-refractivity contribution is 8.00. The lowest BCUT2D eigenvalue weighted by molar-refractivity contribution is 0.474. The first-order valence-electron chi connectivity index (χ1n) is 13.5. The van der Waals surface area contributed by atoms with Crippen LogP contribution in [0.5, 0.6) is 11.5 Å². The van der Waals surface area contributed by atoms with Gasteiger partial charge in [0.05, 0.1) is 0 Å². The molecule has 6 aromatic rings. The van der Waals surface area contributed by atoms with Crippen LogP contribution in [0.2, 0.25) is 0 Å². The third kappa shape index (κ3) is 13.3. The van der Waals surface area contributed by atoms with Crippen molar-refractivity contribution in [1.29, 1.82) is 0 Å². The largest absolute Gasteiger partial charge is 0.508 e. The number of thiol groups is 4. The average Bonchev–Trinajstić information content (AvgIpc) is 3.04. The molecule has 0 aliphatic carbocycles. The second kappa shape index (κ2) is 18.5. The van der Waals surface area contributed by atoms with Crippen molar-refractivity contribution in [2.75, 3.05) is 0 Å². The maximum Gasteiger partial charge on any atom is 0.115 e. The number of rotatable bonds is 6. The van der Waals surface area contributed by atoms with Gasteiger partial charge in [-0.2, -0.15) is 0 Å². The van der Waals surface area contributed by atoms with E-state index < -0.39 is 0 Å². The van der Waals surface area contributed by atoms with Crippen molar-refractivity contribution in [2.24, 2.45) is 0 Å². The highest BCUT2D eigenvalue weighted by Crippen LogP contribution is 2.31. The van der Waals surface area contributed by atoms with Gasteiger partial charge in [-0.15, -0.1) is 50.5 Å². The van der Waals surface area contributed by atoms with Gasteiger partial charge in [0.25, 0.3) is 0 Å². The van der Waals surface area contributed by atoms with Crippen molar-refractivity contribution in [3.63, 3.8) is 0 Å². The van der Waals surface area contributed by atoms with Crippen LogP contribution in [0.25, 0.3) is 0 Å². The van der Waals surface area contributed by atoms with Gasteiger partial charge in [0.1, 0.15) is 11.5 Å². The summed E-state index contributed by atoms with van der Waals surface area (Å²) in [5, 5.41) is 18.2. The molecule has 228 valence electrons. The van der Waals surface area contributed by atoms with Crippen molar-refractivity contribution < 1.29 is 10.2 Å². The zero-order chi connectivity index (χ0) is 32.0. The quantitative estimate of drug-likeness (QED) is 0.0968. The lowest BCUT2D eigenvalue weighted by Crippen LogP contribution is -1.73. The Morgan fingerprint density at radius 3 is 0.600 bits per heavy atom. The van der Waals surface area contributed by atoms with Gasteiger partial charge in [0, 0.05) is 49.0 Å². The second-order valence-electron chi connectivity index (χ2n) is 9.27. The van der Waals surface area contributed by atoms with Crippen LogP contribution in [0.3, 0.4) is 0 Å². The summed E-state index contributed by atoms with van der Waals surface area (Å²) < 4.78 is 0. The zero-order valence-electron chi connectivity index (χ0n) is 23.8. The molecule has 45 heavy (non-hydrogen) atoms. The third-order valence-electron chi connectivity index (χ3n) is 5.73. The molecule has 0 aliphatic rings. The van der Waals surface area contributed by atoms with Gasteiger partial charge >= 0.3 is 0 Å². The predicted octanol–water partition coefficient (Wildman–Crippen LogP) is 12.1. The van der Waals surface area contributed by atoms with E-state index in [2.05, 4.69) is 99.0 Å². The van der Waals surface area contributed by atoms with Crippen LogP contribution < -0.4 is 0 Å². The van der Waals surface area contributed by atoms with Crippen LogP contribution in [0.1, 0.15) is 0 Å². The Morgan fingerprint density at radius 2 is 0.422 bits per heavy atom. The van der Waals surface area contributed by atoms with Gasteiger partial charge in [0.2, 0.25) is 0 Å². The second-order valence-corrected chi connectivity index (χ2v) is 14.8. The lowest BCUT2D eigenvalue weighted by atomic mass is 10.3. The van der Waals surface area contributed by atoms with E-state index in [1.807, 2.05) is 72.8 Å². The topological polar surface area (TPSA) is 40.5 Å². The van der Waals surface area contributed by atoms with Crippen LogP contribution in [-0.4, -0.2) is 10.2 Å². The molecule has 0 aromatic heterocycles. The van der Waals surface area contributed by atoms with Crippen LogP contribution in [0.4, 0.5) is 0 Å². The van der Waals surface area contributed by atoms with Gasteiger partial charge in [-0.3, -0.25) is 0 Å². The molecule has 0 fully saturated rings. The summed E-state index contributed by atoms with van der Waals surface area (Å²) in [6.45, 7) is 0. The first-order chi connectivity index (χ1) is 21.7. The molecule has 0 radical (unpaired) electrons. The fourth-order valence-corrected chi connectivity index (χ4v) is 6.54. The molecule has 0 spiro atoms. The highest BCUT2D eigenvalue weighted by Gasteiger charge is 1.99. The van der Waals surface area contributed by atoms with E-state index in [1.165, 1.54) is 19.6 Å². The van der Waals surface area contributed by atoms with Crippen LogP contribution in [0.15, 0.2) is 195 Å². The molecule has 2 nitrogen and oxygen atoms in total. The third-order valence-corrected chi connectivity index (χ3v) is 9.97. The van der Waals surface area contributed by atoms with Crippen LogP contribution >= 0.6 is 85.8 Å². The van der Waals surface area contributed by atoms with Crippen molar-refractivity contribution in [2.45, 2.75) is 49.0 Å². The molecule has 9 heteroatoms. The van der Waals surface area contributed by atoms with Crippen LogP contribution in [0, 0.1) is 0 Å². The summed E-state index contributed by atoms with van der Waals surface area (Å²) in [4.78, 5) is 11.0. The Bertz CT molecular complexity index is 1380. The normalized spacial score (nSPS) is 10.2. The molecule has 6 aromatic carbocycles. The van der Waals surface area contributed by atoms with E-state index in [1.54, 1.807) is 59.6 Å². The maximum absolute atomic E-state index is 9.12. The fraction of sp³-hybridized carbons (Fsp3) is 0. The summed E-state index contributed by atoms with van der Waals surface area (Å²) in [6.07, 6.45) is 0. The van der Waals surface area contributed by atoms with Gasteiger partial charge in [0.15, 0.2) is 0 Å². The first kappa shape index (κ1) is 35.2. The van der Waals surface area contributed by atoms with Crippen molar-refractivity contribution >= 4 is 85.8 Å². The van der Waals surface area contributed by atoms with Crippen molar-refractivity contribution in [1.82, 2.24) is 0 Å². The average molecular weight is 719 g/mol. The lowest BCUT2D eigenvalue weighted by Gasteiger charge is -2.01. The SMILES string of the molecule is Oc1ccc(Sc2ccc(O)cc2)cc1.Sc1ccc(Sc2ccc(S)cc2)cc1.Sc1ccc(Sc2ccc(S)cc2)cc1. The number of phenols is 2.